The molecule has 1 aromatic heterocycles. The van der Waals surface area contributed by atoms with E-state index in [1.54, 1.807) is 6.92 Å². The molecule has 0 spiro atoms. The van der Waals surface area contributed by atoms with Crippen LogP contribution in [0.25, 0.3) is 0 Å². The quantitative estimate of drug-likeness (QED) is 0.894. The molecule has 3 rings (SSSR count). The van der Waals surface area contributed by atoms with E-state index in [9.17, 15) is 5.11 Å². The standard InChI is InChI=1S/C14H16N2O3/c1-9(17)11-3-2-4-12(7-11)18-8-13-15-14(16-19-13)10-5-6-10/h2-4,7,9-10,17H,5-6,8H2,1H3/t9-/m1/s1. The molecule has 1 heterocycles. The van der Waals surface area contributed by atoms with Crippen LogP contribution in [-0.4, -0.2) is 15.2 Å². The van der Waals surface area contributed by atoms with Gasteiger partial charge in [-0.3, -0.25) is 0 Å². The number of aliphatic hydroxyl groups excluding tert-OH is 1. The van der Waals surface area contributed by atoms with Crippen molar-refractivity contribution in [1.29, 1.82) is 0 Å². The third kappa shape index (κ3) is 2.93. The van der Waals surface area contributed by atoms with Gasteiger partial charge in [0.2, 0.25) is 0 Å². The molecule has 1 fully saturated rings. The molecule has 0 amide bonds. The van der Waals surface area contributed by atoms with Gasteiger partial charge in [0.15, 0.2) is 12.4 Å². The smallest absolute Gasteiger partial charge is 0.264 e. The lowest BCUT2D eigenvalue weighted by molar-refractivity contribution is 0.197. The Morgan fingerprint density at radius 3 is 3.05 bits per heavy atom. The Morgan fingerprint density at radius 2 is 2.32 bits per heavy atom. The maximum absolute atomic E-state index is 9.51. The summed E-state index contributed by atoms with van der Waals surface area (Å²) in [5, 5.41) is 13.4. The van der Waals surface area contributed by atoms with Gasteiger partial charge >= 0.3 is 0 Å². The van der Waals surface area contributed by atoms with Gasteiger partial charge in [-0.2, -0.15) is 4.98 Å². The SMILES string of the molecule is C[C@@H](O)c1cccc(OCc2nc(C3CC3)no2)c1. The average molecular weight is 260 g/mol. The second-order valence-corrected chi connectivity index (χ2v) is 4.86. The minimum Gasteiger partial charge on any atom is -0.484 e. The molecule has 1 N–H and O–H groups in total. The summed E-state index contributed by atoms with van der Waals surface area (Å²) in [5.74, 6) is 2.45. The highest BCUT2D eigenvalue weighted by Crippen LogP contribution is 2.38. The molecule has 100 valence electrons. The van der Waals surface area contributed by atoms with Crippen LogP contribution >= 0.6 is 0 Å². The van der Waals surface area contributed by atoms with E-state index in [-0.39, 0.29) is 6.61 Å². The van der Waals surface area contributed by atoms with Gasteiger partial charge in [-0.1, -0.05) is 17.3 Å². The molecule has 1 atom stereocenters. The first kappa shape index (κ1) is 12.2. The van der Waals surface area contributed by atoms with Gasteiger partial charge in [-0.15, -0.1) is 0 Å². The predicted octanol–water partition coefficient (Wildman–Crippen LogP) is 2.58. The van der Waals surface area contributed by atoms with Crippen LogP contribution in [0.5, 0.6) is 5.75 Å². The number of aromatic nitrogens is 2. The molecule has 0 radical (unpaired) electrons. The summed E-state index contributed by atoms with van der Waals surface area (Å²) in [7, 11) is 0. The number of hydrogen-bond acceptors (Lipinski definition) is 5. The summed E-state index contributed by atoms with van der Waals surface area (Å²) in [6.07, 6.45) is 1.79. The highest BCUT2D eigenvalue weighted by Gasteiger charge is 2.28. The van der Waals surface area contributed by atoms with E-state index >= 15 is 0 Å². The van der Waals surface area contributed by atoms with Crippen molar-refractivity contribution in [2.24, 2.45) is 0 Å². The Hall–Kier alpha value is -1.88. The largest absolute Gasteiger partial charge is 0.484 e. The second kappa shape index (κ2) is 5.01. The van der Waals surface area contributed by atoms with Crippen LogP contribution in [0.2, 0.25) is 0 Å². The van der Waals surface area contributed by atoms with Crippen LogP contribution in [0.3, 0.4) is 0 Å². The molecule has 0 bridgehead atoms. The monoisotopic (exact) mass is 260 g/mol. The highest BCUT2D eigenvalue weighted by molar-refractivity contribution is 5.29. The topological polar surface area (TPSA) is 68.4 Å². The minimum atomic E-state index is -0.506. The van der Waals surface area contributed by atoms with Gasteiger partial charge < -0.3 is 14.4 Å². The summed E-state index contributed by atoms with van der Waals surface area (Å²) in [4.78, 5) is 4.29. The maximum Gasteiger partial charge on any atom is 0.264 e. The van der Waals surface area contributed by atoms with Gasteiger partial charge in [0, 0.05) is 5.92 Å². The predicted molar refractivity (Wildman–Crippen MR) is 67.7 cm³/mol. The molecular weight excluding hydrogens is 244 g/mol. The van der Waals surface area contributed by atoms with Crippen molar-refractivity contribution >= 4 is 0 Å². The Balaban J connectivity index is 1.62. The van der Waals surface area contributed by atoms with Crippen LogP contribution in [0.15, 0.2) is 28.8 Å². The van der Waals surface area contributed by atoms with Crippen molar-refractivity contribution in [3.05, 3.63) is 41.5 Å². The van der Waals surface area contributed by atoms with Crippen molar-refractivity contribution in [3.8, 4) is 5.75 Å². The zero-order chi connectivity index (χ0) is 13.2. The normalized spacial score (nSPS) is 16.3. The number of benzene rings is 1. The van der Waals surface area contributed by atoms with E-state index in [1.165, 1.54) is 0 Å². The van der Waals surface area contributed by atoms with Crippen LogP contribution in [0.1, 0.15) is 49.1 Å². The number of aliphatic hydroxyl groups is 1. The first-order valence-corrected chi connectivity index (χ1v) is 6.45. The van der Waals surface area contributed by atoms with Crippen LogP contribution in [0.4, 0.5) is 0 Å². The molecule has 19 heavy (non-hydrogen) atoms. The van der Waals surface area contributed by atoms with Gasteiger partial charge in [0.25, 0.3) is 5.89 Å². The first-order chi connectivity index (χ1) is 9.22. The molecule has 0 unspecified atom stereocenters. The fraction of sp³-hybridized carbons (Fsp3) is 0.429. The Bertz CT molecular complexity index is 561. The van der Waals surface area contributed by atoms with E-state index < -0.39 is 6.10 Å². The van der Waals surface area contributed by atoms with Crippen molar-refractivity contribution in [2.45, 2.75) is 38.4 Å². The molecule has 0 aliphatic heterocycles. The van der Waals surface area contributed by atoms with Crippen molar-refractivity contribution in [3.63, 3.8) is 0 Å². The lowest BCUT2D eigenvalue weighted by Crippen LogP contribution is -1.97. The first-order valence-electron chi connectivity index (χ1n) is 6.45. The van der Waals surface area contributed by atoms with Crippen LogP contribution < -0.4 is 4.74 Å². The number of rotatable bonds is 5. The summed E-state index contributed by atoms with van der Waals surface area (Å²) in [5.41, 5.74) is 0.821. The van der Waals surface area contributed by atoms with Gasteiger partial charge in [-0.05, 0) is 37.5 Å². The summed E-state index contributed by atoms with van der Waals surface area (Å²) in [6, 6.07) is 7.35. The molecular formula is C14H16N2O3. The van der Waals surface area contributed by atoms with Crippen molar-refractivity contribution in [1.82, 2.24) is 10.1 Å². The lowest BCUT2D eigenvalue weighted by Gasteiger charge is -2.07. The lowest BCUT2D eigenvalue weighted by atomic mass is 10.1. The number of hydrogen-bond donors (Lipinski definition) is 1. The molecule has 5 nitrogen and oxygen atoms in total. The molecule has 2 aromatic rings. The molecule has 1 aliphatic carbocycles. The van der Waals surface area contributed by atoms with Crippen LogP contribution in [-0.2, 0) is 6.61 Å². The number of nitrogens with zero attached hydrogens (tertiary/aromatic N) is 2. The second-order valence-electron chi connectivity index (χ2n) is 4.86. The van der Waals surface area contributed by atoms with E-state index in [2.05, 4.69) is 10.1 Å². The summed E-state index contributed by atoms with van der Waals surface area (Å²) >= 11 is 0. The number of ether oxygens (including phenoxy) is 1. The fourth-order valence-electron chi connectivity index (χ4n) is 1.84. The fourth-order valence-corrected chi connectivity index (χ4v) is 1.84. The maximum atomic E-state index is 9.51. The zero-order valence-corrected chi connectivity index (χ0v) is 10.7. The molecule has 1 aliphatic rings. The Morgan fingerprint density at radius 1 is 1.47 bits per heavy atom. The average Bonchev–Trinajstić information content (AvgIpc) is 3.16. The van der Waals surface area contributed by atoms with Crippen molar-refractivity contribution in [2.75, 3.05) is 0 Å². The molecule has 5 heteroatoms. The third-order valence-corrected chi connectivity index (χ3v) is 3.13. The Kier molecular flexibility index (Phi) is 3.21. The summed E-state index contributed by atoms with van der Waals surface area (Å²) < 4.78 is 10.7. The molecule has 0 saturated heterocycles. The Labute approximate surface area is 111 Å². The molecule has 1 saturated carbocycles. The van der Waals surface area contributed by atoms with E-state index in [1.807, 2.05) is 24.3 Å². The zero-order valence-electron chi connectivity index (χ0n) is 10.7. The van der Waals surface area contributed by atoms with Gasteiger partial charge in [-0.25, -0.2) is 0 Å². The highest BCUT2D eigenvalue weighted by atomic mass is 16.5. The van der Waals surface area contributed by atoms with E-state index in [4.69, 9.17) is 9.26 Å². The van der Waals surface area contributed by atoms with Gasteiger partial charge in [0.05, 0.1) is 6.10 Å². The summed E-state index contributed by atoms with van der Waals surface area (Å²) in [6.45, 7) is 1.97. The van der Waals surface area contributed by atoms with E-state index in [0.29, 0.717) is 17.6 Å². The van der Waals surface area contributed by atoms with E-state index in [0.717, 1.165) is 24.2 Å². The van der Waals surface area contributed by atoms with Crippen molar-refractivity contribution < 1.29 is 14.4 Å². The van der Waals surface area contributed by atoms with Gasteiger partial charge in [0.1, 0.15) is 5.75 Å². The van der Waals surface area contributed by atoms with Crippen LogP contribution in [0, 0.1) is 0 Å². The minimum absolute atomic E-state index is 0.253. The third-order valence-electron chi connectivity index (χ3n) is 3.13. The molecule has 1 aromatic carbocycles.